The fourth-order valence-corrected chi connectivity index (χ4v) is 2.07. The number of nitrogens with one attached hydrogen (secondary N) is 1. The molecule has 1 rings (SSSR count). The number of nitrogens with zero attached hydrogens (tertiary/aromatic N) is 1. The minimum atomic E-state index is -0.455. The Morgan fingerprint density at radius 1 is 1.38 bits per heavy atom. The highest BCUT2D eigenvalue weighted by molar-refractivity contribution is 7.97. The molecule has 1 saturated heterocycles. The highest BCUT2D eigenvalue weighted by atomic mass is 32.2. The predicted molar refractivity (Wildman–Crippen MR) is 55.5 cm³/mol. The zero-order valence-corrected chi connectivity index (χ0v) is 8.61. The highest BCUT2D eigenvalue weighted by Crippen LogP contribution is 2.08. The van der Waals surface area contributed by atoms with E-state index in [1.54, 1.807) is 0 Å². The topological polar surface area (TPSA) is 58.4 Å². The molecular weight excluding hydrogens is 186 g/mol. The summed E-state index contributed by atoms with van der Waals surface area (Å²) in [5.74, 6) is 0.920. The van der Waals surface area contributed by atoms with Crippen LogP contribution in [0.4, 0.5) is 4.79 Å². The van der Waals surface area contributed by atoms with Crippen molar-refractivity contribution in [2.45, 2.75) is 19.3 Å². The van der Waals surface area contributed by atoms with Crippen LogP contribution in [0.15, 0.2) is 0 Å². The molecule has 4 nitrogen and oxygen atoms in total. The van der Waals surface area contributed by atoms with E-state index >= 15 is 0 Å². The molecule has 0 atom stereocenters. The van der Waals surface area contributed by atoms with Crippen molar-refractivity contribution in [2.24, 2.45) is 5.73 Å². The molecule has 1 heterocycles. The predicted octanol–water partition coefficient (Wildman–Crippen LogP) is 0.789. The summed E-state index contributed by atoms with van der Waals surface area (Å²) in [6, 6.07) is -0.455. The van der Waals surface area contributed by atoms with Gasteiger partial charge in [-0.05, 0) is 37.9 Å². The average Bonchev–Trinajstić information content (AvgIpc) is 2.14. The van der Waals surface area contributed by atoms with Gasteiger partial charge in [-0.25, -0.2) is 4.79 Å². The molecule has 0 saturated carbocycles. The van der Waals surface area contributed by atoms with Crippen molar-refractivity contribution in [3.8, 4) is 0 Å². The lowest BCUT2D eigenvalue weighted by atomic mass is 10.1. The van der Waals surface area contributed by atoms with Crippen molar-refractivity contribution in [3.05, 3.63) is 0 Å². The number of urea groups is 1. The largest absolute Gasteiger partial charge is 0.351 e. The minimum Gasteiger partial charge on any atom is -0.351 e. The van der Waals surface area contributed by atoms with Gasteiger partial charge in [0.25, 0.3) is 0 Å². The quantitative estimate of drug-likeness (QED) is 0.524. The van der Waals surface area contributed by atoms with E-state index in [2.05, 4.69) is 9.62 Å². The third-order valence-electron chi connectivity index (χ3n) is 2.13. The van der Waals surface area contributed by atoms with Gasteiger partial charge in [-0.1, -0.05) is 6.42 Å². The zero-order valence-electron chi connectivity index (χ0n) is 7.79. The number of piperidine rings is 1. The Kier molecular flexibility index (Phi) is 5.00. The monoisotopic (exact) mass is 203 g/mol. The summed E-state index contributed by atoms with van der Waals surface area (Å²) in [5, 5.41) is 0. The van der Waals surface area contributed by atoms with Crippen LogP contribution in [-0.2, 0) is 0 Å². The Bertz CT molecular complexity index is 159. The van der Waals surface area contributed by atoms with Crippen LogP contribution in [0.1, 0.15) is 19.3 Å². The van der Waals surface area contributed by atoms with Gasteiger partial charge >= 0.3 is 6.03 Å². The molecule has 3 N–H and O–H groups in total. The maximum atomic E-state index is 10.3. The van der Waals surface area contributed by atoms with Crippen molar-refractivity contribution >= 4 is 18.0 Å². The van der Waals surface area contributed by atoms with Gasteiger partial charge in [0.1, 0.15) is 0 Å². The summed E-state index contributed by atoms with van der Waals surface area (Å²) < 4.78 is 2.51. The van der Waals surface area contributed by atoms with Crippen molar-refractivity contribution in [1.82, 2.24) is 9.62 Å². The fraction of sp³-hybridized carbons (Fsp3) is 0.875. The maximum absolute atomic E-state index is 10.3. The summed E-state index contributed by atoms with van der Waals surface area (Å²) >= 11 is 1.39. The van der Waals surface area contributed by atoms with Gasteiger partial charge in [0.15, 0.2) is 0 Å². The minimum absolute atomic E-state index is 0.455. The second kappa shape index (κ2) is 6.10. The number of rotatable bonds is 4. The van der Waals surface area contributed by atoms with Crippen molar-refractivity contribution < 1.29 is 4.79 Å². The van der Waals surface area contributed by atoms with Gasteiger partial charge in [0, 0.05) is 12.3 Å². The van der Waals surface area contributed by atoms with Crippen molar-refractivity contribution in [2.75, 3.05) is 25.4 Å². The molecule has 1 aliphatic heterocycles. The first-order valence-corrected chi connectivity index (χ1v) is 5.67. The standard InChI is InChI=1S/C8H17N3OS/c9-8(12)10-13-7-6-11-4-2-1-3-5-11/h1-7H2,(H3,9,10,12). The second-order valence-corrected chi connectivity index (χ2v) is 4.12. The third kappa shape index (κ3) is 5.00. The Hall–Kier alpha value is -0.420. The lowest BCUT2D eigenvalue weighted by Crippen LogP contribution is -2.32. The molecule has 0 aromatic heterocycles. The first-order chi connectivity index (χ1) is 6.29. The molecule has 0 unspecified atom stereocenters. The molecule has 1 aliphatic rings. The summed E-state index contributed by atoms with van der Waals surface area (Å²) in [6.07, 6.45) is 3.99. The third-order valence-corrected chi connectivity index (χ3v) is 2.86. The van der Waals surface area contributed by atoms with Crippen LogP contribution in [0, 0.1) is 0 Å². The lowest BCUT2D eigenvalue weighted by Gasteiger charge is -2.25. The van der Waals surface area contributed by atoms with Crippen LogP contribution in [0.25, 0.3) is 0 Å². The van der Waals surface area contributed by atoms with Gasteiger partial charge in [-0.2, -0.15) is 0 Å². The number of hydrogen-bond acceptors (Lipinski definition) is 3. The SMILES string of the molecule is NC(=O)NSCCN1CCCCC1. The van der Waals surface area contributed by atoms with Crippen molar-refractivity contribution in [3.63, 3.8) is 0 Å². The molecule has 0 aromatic carbocycles. The molecule has 76 valence electrons. The smallest absolute Gasteiger partial charge is 0.322 e. The number of carbonyl (C=O) groups is 1. The fourth-order valence-electron chi connectivity index (χ4n) is 1.48. The van der Waals surface area contributed by atoms with Gasteiger partial charge in [-0.3, -0.25) is 4.72 Å². The lowest BCUT2D eigenvalue weighted by molar-refractivity contribution is 0.242. The summed E-state index contributed by atoms with van der Waals surface area (Å²) in [6.45, 7) is 3.46. The summed E-state index contributed by atoms with van der Waals surface area (Å²) in [4.78, 5) is 12.8. The zero-order chi connectivity index (χ0) is 9.52. The number of carbonyl (C=O) groups excluding carboxylic acids is 1. The molecule has 2 amide bonds. The number of primary amides is 1. The maximum Gasteiger partial charge on any atom is 0.322 e. The average molecular weight is 203 g/mol. The van der Waals surface area contributed by atoms with E-state index in [0.29, 0.717) is 0 Å². The van der Waals surface area contributed by atoms with Gasteiger partial charge < -0.3 is 10.6 Å². The molecule has 13 heavy (non-hydrogen) atoms. The van der Waals surface area contributed by atoms with E-state index in [0.717, 1.165) is 12.3 Å². The Morgan fingerprint density at radius 2 is 2.08 bits per heavy atom. The van der Waals surface area contributed by atoms with Crippen LogP contribution >= 0.6 is 11.9 Å². The number of likely N-dealkylation sites (tertiary alicyclic amines) is 1. The van der Waals surface area contributed by atoms with Crippen molar-refractivity contribution in [1.29, 1.82) is 0 Å². The van der Waals surface area contributed by atoms with E-state index < -0.39 is 6.03 Å². The summed E-state index contributed by atoms with van der Waals surface area (Å²) in [7, 11) is 0. The van der Waals surface area contributed by atoms with E-state index in [9.17, 15) is 4.79 Å². The normalized spacial score (nSPS) is 18.5. The van der Waals surface area contributed by atoms with E-state index in [1.807, 2.05) is 0 Å². The van der Waals surface area contributed by atoms with E-state index in [-0.39, 0.29) is 0 Å². The Balaban J connectivity index is 1.95. The molecule has 0 bridgehead atoms. The second-order valence-electron chi connectivity index (χ2n) is 3.22. The summed E-state index contributed by atoms with van der Waals surface area (Å²) in [5.41, 5.74) is 4.93. The van der Waals surface area contributed by atoms with E-state index in [1.165, 1.54) is 44.3 Å². The Labute approximate surface area is 83.4 Å². The molecule has 0 aromatic rings. The number of nitrogens with two attached hydrogens (primary N) is 1. The van der Waals surface area contributed by atoms with Crippen LogP contribution in [0.5, 0.6) is 0 Å². The van der Waals surface area contributed by atoms with Gasteiger partial charge in [-0.15, -0.1) is 0 Å². The van der Waals surface area contributed by atoms with Crippen LogP contribution < -0.4 is 10.5 Å². The highest BCUT2D eigenvalue weighted by Gasteiger charge is 2.08. The van der Waals surface area contributed by atoms with Gasteiger partial charge in [0.05, 0.1) is 0 Å². The first-order valence-electron chi connectivity index (χ1n) is 4.68. The van der Waals surface area contributed by atoms with Crippen LogP contribution in [-0.4, -0.2) is 36.3 Å². The molecule has 0 spiro atoms. The Morgan fingerprint density at radius 3 is 2.69 bits per heavy atom. The molecular formula is C8H17N3OS. The molecule has 0 aliphatic carbocycles. The molecule has 5 heteroatoms. The number of amides is 2. The molecule has 1 fully saturated rings. The molecule has 0 radical (unpaired) electrons. The number of hydrogen-bond donors (Lipinski definition) is 2. The van der Waals surface area contributed by atoms with E-state index in [4.69, 9.17) is 5.73 Å². The van der Waals surface area contributed by atoms with Gasteiger partial charge in [0.2, 0.25) is 0 Å². The van der Waals surface area contributed by atoms with Crippen LogP contribution in [0.3, 0.4) is 0 Å². The van der Waals surface area contributed by atoms with Crippen LogP contribution in [0.2, 0.25) is 0 Å². The first kappa shape index (κ1) is 10.7.